The molecule has 10 aromatic rings. The van der Waals surface area contributed by atoms with Crippen molar-refractivity contribution in [2.24, 2.45) is 0 Å². The van der Waals surface area contributed by atoms with Crippen molar-refractivity contribution in [3.63, 3.8) is 0 Å². The second-order valence-electron chi connectivity index (χ2n) is 12.5. The minimum Gasteiger partial charge on any atom is -0.309 e. The molecule has 234 valence electrons. The highest BCUT2D eigenvalue weighted by molar-refractivity contribution is 7.26. The van der Waals surface area contributed by atoms with Crippen molar-refractivity contribution in [3.05, 3.63) is 170 Å². The lowest BCUT2D eigenvalue weighted by atomic mass is 9.96. The van der Waals surface area contributed by atoms with Crippen LogP contribution in [0.4, 0.5) is 0 Å². The van der Waals surface area contributed by atoms with E-state index in [2.05, 4.69) is 136 Å². The number of para-hydroxylation sites is 2. The van der Waals surface area contributed by atoms with Gasteiger partial charge in [0, 0.05) is 49.0 Å². The van der Waals surface area contributed by atoms with Gasteiger partial charge in [0.15, 0.2) is 0 Å². The van der Waals surface area contributed by atoms with Gasteiger partial charge in [0.2, 0.25) is 0 Å². The Kier molecular flexibility index (Phi) is 6.64. The summed E-state index contributed by atoms with van der Waals surface area (Å²) >= 11 is 1.84. The molecule has 0 spiro atoms. The number of hydrogen-bond acceptors (Lipinski definition) is 4. The molecular formula is C45H28N4S. The zero-order valence-electron chi connectivity index (χ0n) is 26.9. The van der Waals surface area contributed by atoms with Crippen molar-refractivity contribution < 1.29 is 0 Å². The predicted molar refractivity (Wildman–Crippen MR) is 209 cm³/mol. The van der Waals surface area contributed by atoms with Crippen LogP contribution in [0.15, 0.2) is 170 Å². The Bertz CT molecular complexity index is 2800. The van der Waals surface area contributed by atoms with Crippen LogP contribution in [0.25, 0.3) is 92.7 Å². The summed E-state index contributed by atoms with van der Waals surface area (Å²) in [4.78, 5) is 14.3. The third kappa shape index (κ3) is 4.71. The number of nitrogens with zero attached hydrogens (tertiary/aromatic N) is 4. The average Bonchev–Trinajstić information content (AvgIpc) is 3.74. The molecule has 0 atom stereocenters. The number of thiophene rings is 1. The van der Waals surface area contributed by atoms with Crippen LogP contribution >= 0.6 is 11.3 Å². The minimum absolute atomic E-state index is 0.823. The molecule has 0 aliphatic carbocycles. The van der Waals surface area contributed by atoms with Gasteiger partial charge in [0.25, 0.3) is 0 Å². The molecule has 10 rings (SSSR count). The lowest BCUT2D eigenvalue weighted by molar-refractivity contribution is 1.18. The van der Waals surface area contributed by atoms with E-state index in [4.69, 9.17) is 4.98 Å². The van der Waals surface area contributed by atoms with Crippen molar-refractivity contribution in [2.75, 3.05) is 0 Å². The summed E-state index contributed by atoms with van der Waals surface area (Å²) in [5.74, 6) is 0. The summed E-state index contributed by atoms with van der Waals surface area (Å²) in [6.45, 7) is 0. The van der Waals surface area contributed by atoms with E-state index < -0.39 is 0 Å². The highest BCUT2D eigenvalue weighted by Gasteiger charge is 2.17. The van der Waals surface area contributed by atoms with E-state index in [-0.39, 0.29) is 0 Å². The Balaban J connectivity index is 1.16. The maximum atomic E-state index is 5.03. The van der Waals surface area contributed by atoms with E-state index in [0.29, 0.717) is 0 Å². The first-order chi connectivity index (χ1) is 24.8. The summed E-state index contributed by atoms with van der Waals surface area (Å²) in [7, 11) is 0. The van der Waals surface area contributed by atoms with Crippen LogP contribution in [0.5, 0.6) is 0 Å². The highest BCUT2D eigenvalue weighted by Crippen LogP contribution is 2.43. The molecule has 5 heterocycles. The molecule has 0 N–H and O–H groups in total. The van der Waals surface area contributed by atoms with Gasteiger partial charge in [0.05, 0.1) is 33.8 Å². The van der Waals surface area contributed by atoms with Crippen LogP contribution in [0.2, 0.25) is 0 Å². The first-order valence-corrected chi connectivity index (χ1v) is 17.5. The molecule has 50 heavy (non-hydrogen) atoms. The standard InChI is InChI=1S/C45H28N4S/c1-2-11-32(12-3-1)49-41-17-5-4-13-34(41)35-25-29(19-21-42(35)49)30-20-22-43-36(26-30)45-33(14-10-18-44(45)50-43)31-27-39(37-15-6-8-23-46-37)48-40(28-31)38-16-7-9-24-47-38/h1-28H. The molecule has 0 saturated heterocycles. The first-order valence-electron chi connectivity index (χ1n) is 16.7. The zero-order chi connectivity index (χ0) is 33.0. The smallest absolute Gasteiger partial charge is 0.0900 e. The van der Waals surface area contributed by atoms with E-state index in [1.54, 1.807) is 0 Å². The number of pyridine rings is 3. The molecule has 5 heteroatoms. The lowest BCUT2D eigenvalue weighted by Crippen LogP contribution is -1.94. The van der Waals surface area contributed by atoms with Gasteiger partial charge in [-0.25, -0.2) is 4.98 Å². The van der Waals surface area contributed by atoms with Crippen molar-refractivity contribution in [2.45, 2.75) is 0 Å². The van der Waals surface area contributed by atoms with Gasteiger partial charge in [-0.3, -0.25) is 9.97 Å². The summed E-state index contributed by atoms with van der Waals surface area (Å²) in [6.07, 6.45) is 3.63. The van der Waals surface area contributed by atoms with Crippen LogP contribution < -0.4 is 0 Å². The summed E-state index contributed by atoms with van der Waals surface area (Å²) < 4.78 is 4.89. The van der Waals surface area contributed by atoms with Gasteiger partial charge in [-0.2, -0.15) is 0 Å². The average molecular weight is 657 g/mol. The number of rotatable bonds is 5. The quantitative estimate of drug-likeness (QED) is 0.185. The van der Waals surface area contributed by atoms with Gasteiger partial charge < -0.3 is 4.57 Å². The van der Waals surface area contributed by atoms with E-state index in [0.717, 1.165) is 28.3 Å². The van der Waals surface area contributed by atoms with E-state index in [9.17, 15) is 0 Å². The number of hydrogen-bond donors (Lipinski definition) is 0. The molecule has 0 bridgehead atoms. The van der Waals surface area contributed by atoms with Crippen molar-refractivity contribution in [1.29, 1.82) is 0 Å². The van der Waals surface area contributed by atoms with Crippen LogP contribution in [0.1, 0.15) is 0 Å². The molecule has 0 amide bonds. The van der Waals surface area contributed by atoms with Crippen molar-refractivity contribution in [1.82, 2.24) is 19.5 Å². The molecular weight excluding hydrogens is 629 g/mol. The first kappa shape index (κ1) is 28.6. The maximum Gasteiger partial charge on any atom is 0.0900 e. The van der Waals surface area contributed by atoms with Gasteiger partial charge in [-0.15, -0.1) is 11.3 Å². The van der Waals surface area contributed by atoms with E-state index in [1.165, 1.54) is 64.4 Å². The van der Waals surface area contributed by atoms with E-state index >= 15 is 0 Å². The third-order valence-corrected chi connectivity index (χ3v) is 10.6. The van der Waals surface area contributed by atoms with Gasteiger partial charge in [-0.1, -0.05) is 72.8 Å². The van der Waals surface area contributed by atoms with Crippen molar-refractivity contribution in [3.8, 4) is 50.7 Å². The molecule has 5 aromatic carbocycles. The van der Waals surface area contributed by atoms with E-state index in [1.807, 2.05) is 60.1 Å². The fourth-order valence-electron chi connectivity index (χ4n) is 7.23. The van der Waals surface area contributed by atoms with Gasteiger partial charge >= 0.3 is 0 Å². The largest absolute Gasteiger partial charge is 0.309 e. The Morgan fingerprint density at radius 1 is 0.420 bits per heavy atom. The summed E-state index contributed by atoms with van der Waals surface area (Å²) in [6, 6.07) is 55.9. The molecule has 0 aliphatic rings. The fourth-order valence-corrected chi connectivity index (χ4v) is 8.34. The number of fused-ring (bicyclic) bond motifs is 6. The SMILES string of the molecule is c1ccc(-n2c3ccccc3c3cc(-c4ccc5sc6cccc(-c7cc(-c8ccccn8)nc(-c8ccccn8)c7)c6c5c4)ccc32)cc1. The highest BCUT2D eigenvalue weighted by atomic mass is 32.1. The topological polar surface area (TPSA) is 43.6 Å². The number of benzene rings is 5. The maximum absolute atomic E-state index is 5.03. The molecule has 0 fully saturated rings. The van der Waals surface area contributed by atoms with Crippen LogP contribution in [-0.2, 0) is 0 Å². The summed E-state index contributed by atoms with van der Waals surface area (Å²) in [5, 5.41) is 5.00. The second kappa shape index (κ2) is 11.6. The Hall–Kier alpha value is -6.43. The van der Waals surface area contributed by atoms with Crippen LogP contribution in [0, 0.1) is 0 Å². The molecule has 0 radical (unpaired) electrons. The van der Waals surface area contributed by atoms with Crippen LogP contribution in [0.3, 0.4) is 0 Å². The normalized spacial score (nSPS) is 11.6. The molecule has 0 saturated carbocycles. The molecule has 0 unspecified atom stereocenters. The summed E-state index contributed by atoms with van der Waals surface area (Å²) in [5.41, 5.74) is 11.6. The predicted octanol–water partition coefficient (Wildman–Crippen LogP) is 12.0. The Morgan fingerprint density at radius 2 is 1.08 bits per heavy atom. The zero-order valence-corrected chi connectivity index (χ0v) is 27.7. The van der Waals surface area contributed by atoms with Crippen LogP contribution in [-0.4, -0.2) is 19.5 Å². The lowest BCUT2D eigenvalue weighted by Gasteiger charge is -2.11. The molecule has 4 nitrogen and oxygen atoms in total. The molecule has 0 aliphatic heterocycles. The minimum atomic E-state index is 0.823. The Labute approximate surface area is 292 Å². The second-order valence-corrected chi connectivity index (χ2v) is 13.6. The van der Waals surface area contributed by atoms with Gasteiger partial charge in [-0.05, 0) is 107 Å². The molecule has 5 aromatic heterocycles. The third-order valence-electron chi connectivity index (χ3n) is 9.51. The fraction of sp³-hybridized carbons (Fsp3) is 0. The Morgan fingerprint density at radius 3 is 1.82 bits per heavy atom. The van der Waals surface area contributed by atoms with Crippen molar-refractivity contribution >= 4 is 53.3 Å². The van der Waals surface area contributed by atoms with Gasteiger partial charge in [0.1, 0.15) is 0 Å². The number of aromatic nitrogens is 4. The monoisotopic (exact) mass is 656 g/mol.